The molecule has 5 aliphatic rings. The standard InChI is InChI=1S/C31H33ClF2N8O4/c32-22-9-23-20(12-36-40-23)24-19(22)3-1-7-45-30(43)37-18-14-41(6-8-44-15-18)28-21-11-35-27(24)25(34)26(21)38-29(39-28)46-16-31-4-2-5-42(31)13-17(33)10-31/h9,11-12,17-18H,1-8,10,13-16H2,(H,36,40)(H,37,43)/t17-,18+,31?/m1/s1. The van der Waals surface area contributed by atoms with Crippen LogP contribution in [-0.4, -0.2) is 107 Å². The molecule has 8 heterocycles. The predicted molar refractivity (Wildman–Crippen MR) is 166 cm³/mol. The Labute approximate surface area is 267 Å². The fraction of sp³-hybridized carbons (Fsp3) is 0.516. The van der Waals surface area contributed by atoms with E-state index in [1.165, 1.54) is 0 Å². The van der Waals surface area contributed by atoms with Gasteiger partial charge >= 0.3 is 12.1 Å². The Balaban J connectivity index is 1.30. The molecule has 5 aliphatic heterocycles. The number of aromatic amines is 1. The highest BCUT2D eigenvalue weighted by Crippen LogP contribution is 2.42. The number of pyridine rings is 1. The third kappa shape index (κ3) is 5.16. The van der Waals surface area contributed by atoms with E-state index >= 15 is 4.39 Å². The van der Waals surface area contributed by atoms with E-state index in [1.54, 1.807) is 18.5 Å². The molecule has 3 fully saturated rings. The number of carbonyl (C=O) groups is 1. The molecule has 2 N–H and O–H groups in total. The van der Waals surface area contributed by atoms with Crippen LogP contribution in [0.2, 0.25) is 5.02 Å². The molecule has 9 rings (SSSR count). The van der Waals surface area contributed by atoms with Crippen LogP contribution in [0, 0.1) is 5.82 Å². The maximum Gasteiger partial charge on any atom is 0.407 e. The van der Waals surface area contributed by atoms with Gasteiger partial charge in [-0.2, -0.15) is 15.1 Å². The number of rotatable bonds is 3. The van der Waals surface area contributed by atoms with Crippen LogP contribution in [0.15, 0.2) is 18.5 Å². The Morgan fingerprint density at radius 3 is 2.98 bits per heavy atom. The van der Waals surface area contributed by atoms with E-state index in [0.29, 0.717) is 83.8 Å². The van der Waals surface area contributed by atoms with E-state index in [2.05, 4.69) is 30.4 Å². The summed E-state index contributed by atoms with van der Waals surface area (Å²) in [5.74, 6) is -0.257. The van der Waals surface area contributed by atoms with Crippen LogP contribution < -0.4 is 15.0 Å². The number of H-pyrrole nitrogens is 1. The number of hydrogen-bond donors (Lipinski definition) is 2. The smallest absolute Gasteiger partial charge is 0.407 e. The number of anilines is 1. The number of benzene rings is 1. The summed E-state index contributed by atoms with van der Waals surface area (Å²) in [7, 11) is 0. The van der Waals surface area contributed by atoms with Crippen LogP contribution in [0.25, 0.3) is 33.1 Å². The van der Waals surface area contributed by atoms with E-state index < -0.39 is 29.7 Å². The van der Waals surface area contributed by atoms with Crippen LogP contribution >= 0.6 is 11.6 Å². The van der Waals surface area contributed by atoms with Crippen LogP contribution in [0.4, 0.5) is 19.4 Å². The average Bonchev–Trinajstić information content (AvgIpc) is 3.68. The quantitative estimate of drug-likeness (QED) is 0.332. The van der Waals surface area contributed by atoms with Gasteiger partial charge in [0.15, 0.2) is 5.82 Å². The van der Waals surface area contributed by atoms with Crippen molar-refractivity contribution in [2.75, 3.05) is 57.5 Å². The van der Waals surface area contributed by atoms with E-state index in [9.17, 15) is 9.18 Å². The van der Waals surface area contributed by atoms with Crippen molar-refractivity contribution in [3.05, 3.63) is 34.9 Å². The monoisotopic (exact) mass is 654 g/mol. The van der Waals surface area contributed by atoms with Gasteiger partial charge < -0.3 is 24.4 Å². The lowest BCUT2D eigenvalue weighted by atomic mass is 9.95. The number of alkyl carbamates (subject to hydrolysis) is 1. The van der Waals surface area contributed by atoms with Crippen LogP contribution in [0.5, 0.6) is 6.01 Å². The molecule has 6 bridgehead atoms. The number of ether oxygens (including phenoxy) is 3. The molecule has 242 valence electrons. The molecule has 3 aromatic heterocycles. The number of nitrogens with zero attached hydrogens (tertiary/aromatic N) is 6. The third-order valence-electron chi connectivity index (χ3n) is 9.60. The largest absolute Gasteiger partial charge is 0.461 e. The first-order valence-electron chi connectivity index (χ1n) is 15.7. The number of halogens is 3. The Bertz CT molecular complexity index is 1830. The minimum atomic E-state index is -0.922. The summed E-state index contributed by atoms with van der Waals surface area (Å²) in [6.07, 6.45) is 4.67. The van der Waals surface area contributed by atoms with Crippen molar-refractivity contribution in [3.8, 4) is 17.3 Å². The molecule has 0 radical (unpaired) electrons. The molecular weight excluding hydrogens is 622 g/mol. The molecule has 1 amide bonds. The maximum absolute atomic E-state index is 17.0. The fourth-order valence-electron chi connectivity index (χ4n) is 7.48. The van der Waals surface area contributed by atoms with Crippen molar-refractivity contribution in [2.24, 2.45) is 0 Å². The highest BCUT2D eigenvalue weighted by Gasteiger charge is 2.49. The molecule has 15 heteroatoms. The van der Waals surface area contributed by atoms with Crippen molar-refractivity contribution >= 4 is 45.3 Å². The molecule has 1 unspecified atom stereocenters. The zero-order valence-electron chi connectivity index (χ0n) is 25.0. The number of fused-ring (bicyclic) bond motifs is 8. The summed E-state index contributed by atoms with van der Waals surface area (Å²) in [5.41, 5.74) is 1.41. The third-order valence-corrected chi connectivity index (χ3v) is 9.94. The zero-order valence-corrected chi connectivity index (χ0v) is 25.8. The molecule has 46 heavy (non-hydrogen) atoms. The van der Waals surface area contributed by atoms with E-state index in [-0.39, 0.29) is 37.0 Å². The highest BCUT2D eigenvalue weighted by molar-refractivity contribution is 6.33. The molecule has 0 spiro atoms. The van der Waals surface area contributed by atoms with Gasteiger partial charge in [-0.15, -0.1) is 0 Å². The van der Waals surface area contributed by atoms with Crippen molar-refractivity contribution < 1.29 is 27.8 Å². The first kappa shape index (κ1) is 29.5. The van der Waals surface area contributed by atoms with Crippen molar-refractivity contribution in [3.63, 3.8) is 0 Å². The molecular formula is C31H33ClF2N8O4. The predicted octanol–water partition coefficient (Wildman–Crippen LogP) is 4.19. The number of hydrogen-bond acceptors (Lipinski definition) is 10. The van der Waals surface area contributed by atoms with Crippen molar-refractivity contribution in [1.29, 1.82) is 0 Å². The number of alkyl halides is 1. The van der Waals surface area contributed by atoms with Gasteiger partial charge in [0.05, 0.1) is 48.5 Å². The molecule has 0 saturated carbocycles. The molecule has 12 nitrogen and oxygen atoms in total. The van der Waals surface area contributed by atoms with Crippen LogP contribution in [-0.2, 0) is 15.9 Å². The van der Waals surface area contributed by atoms with Crippen LogP contribution in [0.3, 0.4) is 0 Å². The normalized spacial score (nSPS) is 25.5. The van der Waals surface area contributed by atoms with Gasteiger partial charge in [-0.3, -0.25) is 15.0 Å². The van der Waals surface area contributed by atoms with Crippen molar-refractivity contribution in [1.82, 2.24) is 35.4 Å². The number of aromatic nitrogens is 5. The second-order valence-electron chi connectivity index (χ2n) is 12.5. The molecule has 3 atom stereocenters. The van der Waals surface area contributed by atoms with Crippen molar-refractivity contribution in [2.45, 2.75) is 49.9 Å². The van der Waals surface area contributed by atoms with Gasteiger partial charge in [0, 0.05) is 48.2 Å². The van der Waals surface area contributed by atoms with Crippen LogP contribution in [0.1, 0.15) is 31.2 Å². The highest BCUT2D eigenvalue weighted by atomic mass is 35.5. The summed E-state index contributed by atoms with van der Waals surface area (Å²) >= 11 is 6.76. The number of carbonyl (C=O) groups excluding carboxylic acids is 1. The zero-order chi connectivity index (χ0) is 31.4. The number of amides is 1. The summed E-state index contributed by atoms with van der Waals surface area (Å²) in [6, 6.07) is 1.30. The first-order chi connectivity index (χ1) is 22.4. The Kier molecular flexibility index (Phi) is 7.53. The van der Waals surface area contributed by atoms with Gasteiger partial charge in [0.2, 0.25) is 0 Å². The maximum atomic E-state index is 17.0. The van der Waals surface area contributed by atoms with E-state index in [0.717, 1.165) is 19.4 Å². The molecule has 1 aromatic carbocycles. The number of nitrogens with one attached hydrogen (secondary N) is 2. The second kappa shape index (κ2) is 11.7. The van der Waals surface area contributed by atoms with Gasteiger partial charge in [0.25, 0.3) is 0 Å². The topological polar surface area (TPSA) is 131 Å². The molecule has 0 aliphatic carbocycles. The first-order valence-corrected chi connectivity index (χ1v) is 16.1. The Morgan fingerprint density at radius 2 is 2.07 bits per heavy atom. The lowest BCUT2D eigenvalue weighted by Crippen LogP contribution is -2.45. The molecule has 3 saturated heterocycles. The summed E-state index contributed by atoms with van der Waals surface area (Å²) < 4.78 is 49.0. The lowest BCUT2D eigenvalue weighted by molar-refractivity contribution is 0.107. The summed E-state index contributed by atoms with van der Waals surface area (Å²) in [4.78, 5) is 30.9. The summed E-state index contributed by atoms with van der Waals surface area (Å²) in [6.45, 7) is 2.85. The molecule has 4 aromatic rings. The Morgan fingerprint density at radius 1 is 1.15 bits per heavy atom. The van der Waals surface area contributed by atoms with E-state index in [1.807, 2.05) is 4.90 Å². The summed E-state index contributed by atoms with van der Waals surface area (Å²) in [5, 5.41) is 11.4. The van der Waals surface area contributed by atoms with E-state index in [4.69, 9.17) is 30.8 Å². The van der Waals surface area contributed by atoms with Gasteiger partial charge in [0.1, 0.15) is 29.8 Å². The second-order valence-corrected chi connectivity index (χ2v) is 12.9. The lowest BCUT2D eigenvalue weighted by Gasteiger charge is -2.31. The SMILES string of the molecule is O=C1N[C@@H]2COCCN(C2)c2nc(OCC34CCCN3C[C@H](F)C4)nc3c(F)c(ncc23)-c2c(c(Cl)cc3[nH]ncc23)CCCO1. The van der Waals surface area contributed by atoms with Gasteiger partial charge in [-0.25, -0.2) is 13.6 Å². The van der Waals surface area contributed by atoms with Gasteiger partial charge in [-0.1, -0.05) is 11.6 Å². The average molecular weight is 655 g/mol. The minimum absolute atomic E-state index is 0.0166. The minimum Gasteiger partial charge on any atom is -0.461 e. The fourth-order valence-corrected chi connectivity index (χ4v) is 7.78. The van der Waals surface area contributed by atoms with Gasteiger partial charge in [-0.05, 0) is 43.9 Å². The Hall–Kier alpha value is -3.88.